The molecule has 0 unspecified atom stereocenters. The predicted molar refractivity (Wildman–Crippen MR) is 72.5 cm³/mol. The van der Waals surface area contributed by atoms with E-state index >= 15 is 0 Å². The Hall–Kier alpha value is -1.06. The van der Waals surface area contributed by atoms with Gasteiger partial charge in [0.1, 0.15) is 5.75 Å². The molecule has 18 heavy (non-hydrogen) atoms. The molecule has 0 radical (unpaired) electrons. The zero-order valence-electron chi connectivity index (χ0n) is 10.5. The van der Waals surface area contributed by atoms with Crippen LogP contribution in [0.5, 0.6) is 5.75 Å². The number of Topliss-reactive ketones (excluding diaryl/α,β-unsaturated/α-hetero) is 1. The van der Waals surface area contributed by atoms with E-state index in [1.54, 1.807) is 18.2 Å². The van der Waals surface area contributed by atoms with Gasteiger partial charge in [-0.25, -0.2) is 0 Å². The fraction of sp³-hybridized carbons (Fsp3) is 0.500. The van der Waals surface area contributed by atoms with E-state index in [2.05, 4.69) is 12.2 Å². The van der Waals surface area contributed by atoms with Crippen molar-refractivity contribution in [2.75, 3.05) is 19.7 Å². The summed E-state index contributed by atoms with van der Waals surface area (Å²) in [5.41, 5.74) is 0.607. The Bertz CT molecular complexity index is 434. The van der Waals surface area contributed by atoms with Gasteiger partial charge >= 0.3 is 0 Å². The van der Waals surface area contributed by atoms with Gasteiger partial charge in [0.2, 0.25) is 0 Å². The Kier molecular flexibility index (Phi) is 4.61. The van der Waals surface area contributed by atoms with Crippen molar-refractivity contribution in [3.63, 3.8) is 0 Å². The van der Waals surface area contributed by atoms with Crippen LogP contribution in [0.3, 0.4) is 0 Å². The van der Waals surface area contributed by atoms with E-state index < -0.39 is 0 Å². The molecule has 0 amide bonds. The molecule has 1 N–H and O–H groups in total. The van der Waals surface area contributed by atoms with Crippen molar-refractivity contribution in [2.24, 2.45) is 5.92 Å². The lowest BCUT2D eigenvalue weighted by molar-refractivity contribution is 0.0830. The quantitative estimate of drug-likeness (QED) is 0.834. The number of rotatable bonds is 5. The maximum absolute atomic E-state index is 12.3. The van der Waals surface area contributed by atoms with E-state index in [0.29, 0.717) is 29.5 Å². The van der Waals surface area contributed by atoms with Crippen LogP contribution in [0.15, 0.2) is 18.2 Å². The van der Waals surface area contributed by atoms with Crippen molar-refractivity contribution < 1.29 is 9.53 Å². The summed E-state index contributed by atoms with van der Waals surface area (Å²) in [4.78, 5) is 12.3. The molecule has 1 aliphatic rings. The van der Waals surface area contributed by atoms with Crippen molar-refractivity contribution >= 4 is 17.4 Å². The normalized spacial score (nSPS) is 18.3. The molecule has 4 heteroatoms. The number of halogens is 1. The summed E-state index contributed by atoms with van der Waals surface area (Å²) in [5, 5.41) is 3.81. The molecule has 1 heterocycles. The van der Waals surface area contributed by atoms with Gasteiger partial charge in [-0.15, -0.1) is 0 Å². The molecule has 0 bridgehead atoms. The Balaban J connectivity index is 2.00. The first-order chi connectivity index (χ1) is 8.74. The Labute approximate surface area is 112 Å². The fourth-order valence-electron chi connectivity index (χ4n) is 2.06. The van der Waals surface area contributed by atoms with Crippen LogP contribution in [-0.4, -0.2) is 25.5 Å². The van der Waals surface area contributed by atoms with Gasteiger partial charge in [-0.3, -0.25) is 4.79 Å². The molecular formula is C14H18ClNO2. The monoisotopic (exact) mass is 267 g/mol. The molecule has 1 aliphatic heterocycles. The Morgan fingerprint density at radius 3 is 3.11 bits per heavy atom. The van der Waals surface area contributed by atoms with E-state index in [1.807, 2.05) is 0 Å². The highest BCUT2D eigenvalue weighted by atomic mass is 35.5. The molecule has 1 aromatic carbocycles. The lowest BCUT2D eigenvalue weighted by Gasteiger charge is -2.25. The van der Waals surface area contributed by atoms with Gasteiger partial charge in [-0.2, -0.15) is 0 Å². The van der Waals surface area contributed by atoms with Crippen molar-refractivity contribution in [3.05, 3.63) is 28.8 Å². The van der Waals surface area contributed by atoms with Crippen molar-refractivity contribution in [2.45, 2.75) is 19.8 Å². The predicted octanol–water partition coefficient (Wildman–Crippen LogP) is 2.92. The smallest absolute Gasteiger partial charge is 0.174 e. The first kappa shape index (κ1) is 13.4. The minimum absolute atomic E-state index is 0.104. The third kappa shape index (κ3) is 2.85. The van der Waals surface area contributed by atoms with Crippen LogP contribution in [-0.2, 0) is 0 Å². The largest absolute Gasteiger partial charge is 0.490 e. The third-order valence-corrected chi connectivity index (χ3v) is 3.43. The van der Waals surface area contributed by atoms with Gasteiger partial charge in [-0.05, 0) is 25.1 Å². The van der Waals surface area contributed by atoms with Crippen LogP contribution >= 0.6 is 11.6 Å². The molecule has 3 nitrogen and oxygen atoms in total. The maximum Gasteiger partial charge on any atom is 0.174 e. The number of carbonyl (C=O) groups is 1. The highest BCUT2D eigenvalue weighted by Gasteiger charge is 2.29. The first-order valence-electron chi connectivity index (χ1n) is 6.40. The van der Waals surface area contributed by atoms with Gasteiger partial charge < -0.3 is 10.1 Å². The number of nitrogens with one attached hydrogen (secondary N) is 1. The molecule has 0 aliphatic carbocycles. The average molecular weight is 268 g/mol. The summed E-state index contributed by atoms with van der Waals surface area (Å²) in [6.07, 6.45) is 2.28. The molecule has 0 spiro atoms. The molecule has 0 fully saturated rings. The van der Waals surface area contributed by atoms with Gasteiger partial charge in [-0.1, -0.05) is 31.0 Å². The number of ether oxygens (including phenoxy) is 1. The van der Waals surface area contributed by atoms with Crippen molar-refractivity contribution in [1.82, 2.24) is 5.32 Å². The van der Waals surface area contributed by atoms with Crippen molar-refractivity contribution in [3.8, 4) is 5.75 Å². The van der Waals surface area contributed by atoms with E-state index in [1.165, 1.54) is 0 Å². The van der Waals surface area contributed by atoms with Crippen molar-refractivity contribution in [1.29, 1.82) is 0 Å². The van der Waals surface area contributed by atoms with Crippen LogP contribution in [0.25, 0.3) is 0 Å². The van der Waals surface area contributed by atoms with Crippen LogP contribution in [0.1, 0.15) is 30.1 Å². The molecule has 2 rings (SSSR count). The van der Waals surface area contributed by atoms with Crippen LogP contribution in [0.4, 0.5) is 0 Å². The molecule has 1 aromatic rings. The molecule has 1 atom stereocenters. The summed E-state index contributed by atoms with van der Waals surface area (Å²) in [6, 6.07) is 5.31. The lowest BCUT2D eigenvalue weighted by Crippen LogP contribution is -2.36. The summed E-state index contributed by atoms with van der Waals surface area (Å²) in [5.74, 6) is 0.560. The first-order valence-corrected chi connectivity index (χ1v) is 6.78. The number of ketones is 1. The van der Waals surface area contributed by atoms with Crippen LogP contribution < -0.4 is 10.1 Å². The number of para-hydroxylation sites is 1. The Morgan fingerprint density at radius 1 is 1.50 bits per heavy atom. The summed E-state index contributed by atoms with van der Waals surface area (Å²) in [7, 11) is 0. The minimum atomic E-state index is -0.104. The highest BCUT2D eigenvalue weighted by Crippen LogP contribution is 2.33. The summed E-state index contributed by atoms with van der Waals surface area (Å²) in [6.45, 7) is 4.18. The third-order valence-electron chi connectivity index (χ3n) is 3.13. The van der Waals surface area contributed by atoms with E-state index in [0.717, 1.165) is 19.4 Å². The topological polar surface area (TPSA) is 38.3 Å². The Morgan fingerprint density at radius 2 is 2.33 bits per heavy atom. The summed E-state index contributed by atoms with van der Waals surface area (Å²) < 4.78 is 5.60. The molecule has 0 aromatic heterocycles. The highest BCUT2D eigenvalue weighted by molar-refractivity contribution is 6.32. The molecule has 0 saturated carbocycles. The van der Waals surface area contributed by atoms with Gasteiger partial charge in [0.05, 0.1) is 23.1 Å². The maximum atomic E-state index is 12.3. The second-order valence-corrected chi connectivity index (χ2v) is 4.95. The number of hydrogen-bond acceptors (Lipinski definition) is 3. The number of benzene rings is 1. The van der Waals surface area contributed by atoms with Gasteiger partial charge in [0.15, 0.2) is 5.78 Å². The van der Waals surface area contributed by atoms with E-state index in [9.17, 15) is 4.79 Å². The molecular weight excluding hydrogens is 250 g/mol. The second kappa shape index (κ2) is 6.21. The van der Waals surface area contributed by atoms with Crippen LogP contribution in [0.2, 0.25) is 5.02 Å². The number of fused-ring (bicyclic) bond motifs is 1. The van der Waals surface area contributed by atoms with Gasteiger partial charge in [0.25, 0.3) is 0 Å². The SMILES string of the molecule is CCCCNC[C@@H]1COc2c(Cl)cccc2C1=O. The number of unbranched alkanes of at least 4 members (excludes halogenated alkanes) is 1. The standard InChI is InChI=1S/C14H18ClNO2/c1-2-3-7-16-8-10-9-18-14-11(13(10)17)5-4-6-12(14)15/h4-6,10,16H,2-3,7-9H2,1H3/t10-/m1/s1. The van der Waals surface area contributed by atoms with Gasteiger partial charge in [0, 0.05) is 6.54 Å². The zero-order valence-corrected chi connectivity index (χ0v) is 11.3. The summed E-state index contributed by atoms with van der Waals surface area (Å²) >= 11 is 6.01. The van der Waals surface area contributed by atoms with Crippen LogP contribution in [0, 0.1) is 5.92 Å². The zero-order chi connectivity index (χ0) is 13.0. The number of carbonyl (C=O) groups excluding carboxylic acids is 1. The van der Waals surface area contributed by atoms with E-state index in [4.69, 9.17) is 16.3 Å². The minimum Gasteiger partial charge on any atom is -0.490 e. The molecule has 98 valence electrons. The average Bonchev–Trinajstić information content (AvgIpc) is 2.38. The lowest BCUT2D eigenvalue weighted by atomic mass is 9.95. The number of hydrogen-bond donors (Lipinski definition) is 1. The fourth-order valence-corrected chi connectivity index (χ4v) is 2.29. The second-order valence-electron chi connectivity index (χ2n) is 4.55. The molecule has 0 saturated heterocycles. The van der Waals surface area contributed by atoms with E-state index in [-0.39, 0.29) is 11.7 Å².